The molecular weight excluding hydrogens is 1700 g/mol. The molecule has 3 nitrogen and oxygen atoms in total. The lowest BCUT2D eigenvalue weighted by Gasteiger charge is -2.35. The minimum absolute atomic E-state index is 0.0168. The molecule has 0 saturated carbocycles. The van der Waals surface area contributed by atoms with Gasteiger partial charge < -0.3 is 14.0 Å². The van der Waals surface area contributed by atoms with E-state index in [1.807, 2.05) is 0 Å². The lowest BCUT2D eigenvalue weighted by Crippen LogP contribution is -2.28. The van der Waals surface area contributed by atoms with Crippen molar-refractivity contribution in [2.75, 3.05) is 4.90 Å². The summed E-state index contributed by atoms with van der Waals surface area (Å²) in [4.78, 5) is 2.47. The number of nitrogens with zero attached hydrogens (tertiary/aromatic N) is 3. The summed E-state index contributed by atoms with van der Waals surface area (Å²) in [6.45, 7) is 4.70. The van der Waals surface area contributed by atoms with Crippen LogP contribution in [0.25, 0.3) is 143 Å². The lowest BCUT2D eigenvalue weighted by molar-refractivity contribution is 0.661. The van der Waals surface area contributed by atoms with Crippen LogP contribution < -0.4 is 4.90 Å². The number of hydrogen-bond donors (Lipinski definition) is 0. The molecule has 0 bridgehead atoms. The van der Waals surface area contributed by atoms with Gasteiger partial charge in [0.2, 0.25) is 0 Å². The molecule has 0 aliphatic heterocycles. The average molecular weight is 1800 g/mol. The predicted molar refractivity (Wildman–Crippen MR) is 590 cm³/mol. The Kier molecular flexibility index (Phi) is 19.4. The van der Waals surface area contributed by atoms with Crippen LogP contribution in [0.1, 0.15) is 91.7 Å². The van der Waals surface area contributed by atoms with E-state index in [1.54, 1.807) is 0 Å². The van der Waals surface area contributed by atoms with Crippen LogP contribution in [0.5, 0.6) is 0 Å². The van der Waals surface area contributed by atoms with E-state index in [1.165, 1.54) is 221 Å². The Morgan fingerprint density at radius 3 is 0.851 bits per heavy atom. The van der Waals surface area contributed by atoms with Gasteiger partial charge in [0.05, 0.1) is 38.3 Å². The highest BCUT2D eigenvalue weighted by Crippen LogP contribution is 2.63. The van der Waals surface area contributed by atoms with Gasteiger partial charge in [-0.3, -0.25) is 0 Å². The van der Waals surface area contributed by atoms with Gasteiger partial charge in [-0.25, -0.2) is 0 Å². The minimum atomic E-state index is -0.528. The molecule has 4 aliphatic rings. The monoisotopic (exact) mass is 1790 g/mol. The molecule has 0 atom stereocenters. The third-order valence-electron chi connectivity index (χ3n) is 31.3. The summed E-state index contributed by atoms with van der Waals surface area (Å²) in [6, 6.07) is 199. The molecule has 29 rings (SSSR count). The van der Waals surface area contributed by atoms with Gasteiger partial charge in [0.15, 0.2) is 0 Å². The quantitative estimate of drug-likeness (QED) is 0.119. The highest BCUT2D eigenvalue weighted by Gasteiger charge is 2.50. The van der Waals surface area contributed by atoms with Crippen LogP contribution in [-0.4, -0.2) is 9.13 Å². The molecule has 0 N–H and O–H groups in total. The molecule has 662 valence electrons. The molecule has 0 saturated heterocycles. The molecule has 0 radical (unpaired) electrons. The van der Waals surface area contributed by atoms with Gasteiger partial charge in [-0.05, 0) is 251 Å². The predicted octanol–water partition coefficient (Wildman–Crippen LogP) is 35.2. The fraction of sp³-hybridized carbons (Fsp3) is 0.0435. The Labute approximate surface area is 821 Å². The Morgan fingerprint density at radius 1 is 0.170 bits per heavy atom. The molecule has 2 aromatic heterocycles. The molecule has 141 heavy (non-hydrogen) atoms. The van der Waals surface area contributed by atoms with E-state index in [-0.39, 0.29) is 5.41 Å². The summed E-state index contributed by atoms with van der Waals surface area (Å²) in [7, 11) is 0. The number of anilines is 3. The molecule has 3 heteroatoms. The third-order valence-corrected chi connectivity index (χ3v) is 31.3. The summed E-state index contributed by atoms with van der Waals surface area (Å²) >= 11 is 0. The van der Waals surface area contributed by atoms with Crippen LogP contribution in [0.4, 0.5) is 17.1 Å². The first kappa shape index (κ1) is 82.7. The number of hydrogen-bond acceptors (Lipinski definition) is 1. The smallest absolute Gasteiger partial charge is 0.0714 e. The van der Waals surface area contributed by atoms with Crippen molar-refractivity contribution in [1.29, 1.82) is 0 Å². The van der Waals surface area contributed by atoms with Gasteiger partial charge in [-0.2, -0.15) is 0 Å². The lowest BCUT2D eigenvalue weighted by atomic mass is 9.67. The molecule has 0 spiro atoms. The highest BCUT2D eigenvalue weighted by atomic mass is 15.1. The van der Waals surface area contributed by atoms with E-state index in [0.717, 1.165) is 17.1 Å². The molecule has 0 unspecified atom stereocenters. The van der Waals surface area contributed by atoms with Crippen LogP contribution in [-0.2, 0) is 21.7 Å². The normalized spacial score (nSPS) is 13.7. The van der Waals surface area contributed by atoms with Gasteiger partial charge in [0.1, 0.15) is 0 Å². The van der Waals surface area contributed by atoms with Crippen molar-refractivity contribution in [2.45, 2.75) is 35.5 Å². The number of aromatic nitrogens is 2. The van der Waals surface area contributed by atoms with Crippen molar-refractivity contribution in [3.8, 4) is 67.0 Å². The second-order valence-corrected chi connectivity index (χ2v) is 38.7. The second-order valence-electron chi connectivity index (χ2n) is 38.7. The first-order valence-electron chi connectivity index (χ1n) is 49.3. The van der Waals surface area contributed by atoms with Crippen molar-refractivity contribution in [2.24, 2.45) is 0 Å². The molecule has 4 aliphatic carbocycles. The zero-order chi connectivity index (χ0) is 93.5. The van der Waals surface area contributed by atoms with E-state index in [2.05, 4.69) is 568 Å². The van der Waals surface area contributed by atoms with Gasteiger partial charge in [-0.1, -0.05) is 469 Å². The topological polar surface area (TPSA) is 13.1 Å². The molecular formula is C138H95N3. The third kappa shape index (κ3) is 12.6. The van der Waals surface area contributed by atoms with Crippen LogP contribution >= 0.6 is 0 Å². The zero-order valence-electron chi connectivity index (χ0n) is 78.2. The highest BCUT2D eigenvalue weighted by molar-refractivity contribution is 6.13. The van der Waals surface area contributed by atoms with Crippen molar-refractivity contribution < 1.29 is 0 Å². The Bertz CT molecular complexity index is 9010. The maximum Gasteiger partial charge on any atom is 0.0714 e. The van der Waals surface area contributed by atoms with Gasteiger partial charge in [0.25, 0.3) is 0 Å². The summed E-state index contributed by atoms with van der Waals surface area (Å²) in [6.07, 6.45) is 0. The Morgan fingerprint density at radius 2 is 0.440 bits per heavy atom. The second kappa shape index (κ2) is 33.0. The van der Waals surface area contributed by atoms with E-state index >= 15 is 0 Å². The summed E-state index contributed by atoms with van der Waals surface area (Å²) in [5.74, 6) is 0. The van der Waals surface area contributed by atoms with E-state index in [4.69, 9.17) is 0 Å². The first-order valence-corrected chi connectivity index (χ1v) is 49.3. The fourth-order valence-electron chi connectivity index (χ4n) is 25.3. The molecule has 0 amide bonds. The molecule has 23 aromatic carbocycles. The van der Waals surface area contributed by atoms with Gasteiger partial charge in [-0.15, -0.1) is 0 Å². The summed E-state index contributed by atoms with van der Waals surface area (Å²) in [5.41, 5.74) is 40.5. The van der Waals surface area contributed by atoms with E-state index in [9.17, 15) is 0 Å². The number of fused-ring (bicyclic) bond motifs is 24. The Balaban J connectivity index is 0.000000115. The molecule has 0 fully saturated rings. The fourth-order valence-corrected chi connectivity index (χ4v) is 25.3. The van der Waals surface area contributed by atoms with Crippen LogP contribution in [0.2, 0.25) is 0 Å². The largest absolute Gasteiger partial charge is 0.310 e. The Hall–Kier alpha value is -17.8. The summed E-state index contributed by atoms with van der Waals surface area (Å²) in [5, 5.41) is 12.8. The van der Waals surface area contributed by atoms with E-state index in [0.29, 0.717) is 0 Å². The zero-order valence-corrected chi connectivity index (χ0v) is 78.2. The van der Waals surface area contributed by atoms with Crippen molar-refractivity contribution in [1.82, 2.24) is 9.13 Å². The van der Waals surface area contributed by atoms with Crippen molar-refractivity contribution >= 4 is 93.0 Å². The van der Waals surface area contributed by atoms with Crippen LogP contribution in [0.3, 0.4) is 0 Å². The van der Waals surface area contributed by atoms with E-state index < -0.39 is 16.2 Å². The SMILES string of the molecule is CC1(C)c2ccccc2-c2c1ccc1ccc(-n3c4ccccc4c4ccccc43)cc21.c1ccc(-c2ccc(N(c3ccc4c(c3)C(c3ccccc3)(c3ccccc3)c3ccccc3-4)c3ccc4ccc5c(c4c3)-c3ccccc3C5(c3ccccc3)c3ccccc3)cc2)cc1.c1ccc(C2(c3ccccc3)c3ccccc3-c3c2ccc2ccc(-n4c5ccccc5c5ccccc54)cc32)cc1. The van der Waals surface area contributed by atoms with Crippen molar-refractivity contribution in [3.05, 3.63) is 618 Å². The van der Waals surface area contributed by atoms with Crippen LogP contribution in [0.15, 0.2) is 540 Å². The number of para-hydroxylation sites is 4. The van der Waals surface area contributed by atoms with Crippen LogP contribution in [0, 0.1) is 0 Å². The average Bonchev–Trinajstić information content (AvgIpc) is 1.56. The maximum atomic E-state index is 2.48. The molecule has 2 heterocycles. The van der Waals surface area contributed by atoms with Gasteiger partial charge >= 0.3 is 0 Å². The standard InChI is InChI=1S/C66H45N.C41H27N.C31H23N/c1-6-20-46(21-7-1)47-34-38-53(39-35-47)67(55-41-42-57-56-30-16-18-32-60(56)66(63(57)45-55,51-26-12-4-13-27-51)52-28-14-5-15-29-52)54-40-36-48-37-43-62-64(59(48)44-54)58-31-17-19-33-61(58)65(62,49-22-8-2-9-23-49)50-24-10-3-11-25-50;1-3-13-29(14-4-1)41(30-15-5-2-6-16-30)36-20-10-7-19-34(36)40-35-27-31(25-23-28(35)24-26-37(40)41)42-38-21-11-8-17-32(38)33-18-9-12-22-39(33)42;1-31(2)26-12-6-3-11-24(26)30-25-19-21(17-15-20(25)16-18-27(30)31)32-28-13-7-4-9-22(28)23-10-5-8-14-29(23)32/h1-45H;1-27H;3-19H,1-2H3. The number of rotatable bonds is 12. The first-order chi connectivity index (χ1) is 69.7. The summed E-state index contributed by atoms with van der Waals surface area (Å²) < 4.78 is 4.83. The minimum Gasteiger partial charge on any atom is -0.310 e. The van der Waals surface area contributed by atoms with Gasteiger partial charge in [0, 0.05) is 55.4 Å². The maximum absolute atomic E-state index is 2.48. The van der Waals surface area contributed by atoms with Crippen molar-refractivity contribution in [3.63, 3.8) is 0 Å². The molecule has 25 aromatic rings. The number of benzene rings is 23.